The number of halogens is 2. The van der Waals surface area contributed by atoms with Crippen LogP contribution in [0.15, 0.2) is 46.9 Å². The maximum atomic E-state index is 13.1. The zero-order chi connectivity index (χ0) is 17.1. The predicted molar refractivity (Wildman–Crippen MR) is 80.6 cm³/mol. The Bertz CT molecular complexity index is 896. The average molecular weight is 331 g/mol. The lowest BCUT2D eigenvalue weighted by Gasteiger charge is -2.04. The standard InChI is InChI=1S/C16H11F2N3O3/c1-23-13-5-3-2-4-10(13)15-20-21-16(24-15)14(22)19-9-6-7-11(17)12(18)8-9/h2-8H,1H3,(H,19,22). The summed E-state index contributed by atoms with van der Waals surface area (Å²) in [4.78, 5) is 12.1. The lowest BCUT2D eigenvalue weighted by Crippen LogP contribution is -2.12. The molecule has 0 atom stereocenters. The molecule has 8 heteroatoms. The van der Waals surface area contributed by atoms with Crippen molar-refractivity contribution < 1.29 is 22.7 Å². The molecule has 6 nitrogen and oxygen atoms in total. The fourth-order valence-electron chi connectivity index (χ4n) is 2.00. The highest BCUT2D eigenvalue weighted by Gasteiger charge is 2.18. The number of benzene rings is 2. The van der Waals surface area contributed by atoms with Crippen molar-refractivity contribution >= 4 is 11.6 Å². The first-order valence-corrected chi connectivity index (χ1v) is 6.82. The summed E-state index contributed by atoms with van der Waals surface area (Å²) in [5, 5.41) is 9.80. The molecule has 122 valence electrons. The second-order valence-corrected chi connectivity index (χ2v) is 4.70. The molecule has 3 rings (SSSR count). The lowest BCUT2D eigenvalue weighted by molar-refractivity contribution is 0.0990. The van der Waals surface area contributed by atoms with E-state index in [1.54, 1.807) is 24.3 Å². The molecule has 0 aliphatic heterocycles. The molecule has 0 bridgehead atoms. The first-order chi connectivity index (χ1) is 11.6. The van der Waals surface area contributed by atoms with Crippen LogP contribution >= 0.6 is 0 Å². The molecule has 0 spiro atoms. The minimum atomic E-state index is -1.08. The van der Waals surface area contributed by atoms with E-state index in [1.807, 2.05) is 0 Å². The Labute approximate surface area is 135 Å². The van der Waals surface area contributed by atoms with E-state index in [1.165, 1.54) is 13.2 Å². The van der Waals surface area contributed by atoms with Crippen molar-refractivity contribution in [2.75, 3.05) is 12.4 Å². The molecule has 2 aromatic carbocycles. The number of methoxy groups -OCH3 is 1. The molecule has 24 heavy (non-hydrogen) atoms. The van der Waals surface area contributed by atoms with Gasteiger partial charge < -0.3 is 14.5 Å². The molecule has 0 fully saturated rings. The summed E-state index contributed by atoms with van der Waals surface area (Å²) >= 11 is 0. The van der Waals surface area contributed by atoms with Crippen molar-refractivity contribution in [1.29, 1.82) is 0 Å². The van der Waals surface area contributed by atoms with Crippen LogP contribution in [0.5, 0.6) is 5.75 Å². The van der Waals surface area contributed by atoms with E-state index in [4.69, 9.17) is 9.15 Å². The van der Waals surface area contributed by atoms with E-state index in [9.17, 15) is 13.6 Å². The predicted octanol–water partition coefficient (Wildman–Crippen LogP) is 3.28. The van der Waals surface area contributed by atoms with Gasteiger partial charge in [0.15, 0.2) is 11.6 Å². The van der Waals surface area contributed by atoms with E-state index in [0.29, 0.717) is 11.3 Å². The fraction of sp³-hybridized carbons (Fsp3) is 0.0625. The van der Waals surface area contributed by atoms with Crippen LogP contribution in [-0.2, 0) is 0 Å². The van der Waals surface area contributed by atoms with Gasteiger partial charge in [-0.15, -0.1) is 10.2 Å². The van der Waals surface area contributed by atoms with Crippen LogP contribution in [0.3, 0.4) is 0 Å². The van der Waals surface area contributed by atoms with Gasteiger partial charge in [0.05, 0.1) is 12.7 Å². The van der Waals surface area contributed by atoms with Crippen LogP contribution in [-0.4, -0.2) is 23.2 Å². The molecule has 1 N–H and O–H groups in total. The third-order valence-electron chi connectivity index (χ3n) is 3.13. The number of nitrogens with one attached hydrogen (secondary N) is 1. The van der Waals surface area contributed by atoms with Gasteiger partial charge >= 0.3 is 11.8 Å². The van der Waals surface area contributed by atoms with Crippen molar-refractivity contribution in [1.82, 2.24) is 10.2 Å². The summed E-state index contributed by atoms with van der Waals surface area (Å²) in [5.41, 5.74) is 0.593. The number of amides is 1. The summed E-state index contributed by atoms with van der Waals surface area (Å²) in [6, 6.07) is 9.90. The number of nitrogens with zero attached hydrogens (tertiary/aromatic N) is 2. The van der Waals surface area contributed by atoms with Gasteiger partial charge in [-0.25, -0.2) is 8.78 Å². The Morgan fingerprint density at radius 3 is 2.67 bits per heavy atom. The van der Waals surface area contributed by atoms with Gasteiger partial charge in [-0.05, 0) is 24.3 Å². The summed E-state index contributed by atoms with van der Waals surface area (Å²) in [6.07, 6.45) is 0. The molecule has 3 aromatic rings. The summed E-state index contributed by atoms with van der Waals surface area (Å²) in [7, 11) is 1.49. The number of hydrogen-bond donors (Lipinski definition) is 1. The van der Waals surface area contributed by atoms with Gasteiger partial charge in [-0.3, -0.25) is 4.79 Å². The first-order valence-electron chi connectivity index (χ1n) is 6.82. The Kier molecular flexibility index (Phi) is 4.19. The Balaban J connectivity index is 1.82. The topological polar surface area (TPSA) is 77.2 Å². The second-order valence-electron chi connectivity index (χ2n) is 4.70. The van der Waals surface area contributed by atoms with Crippen molar-refractivity contribution in [3.8, 4) is 17.2 Å². The van der Waals surface area contributed by atoms with E-state index in [-0.39, 0.29) is 17.5 Å². The van der Waals surface area contributed by atoms with Gasteiger partial charge in [0.25, 0.3) is 5.89 Å². The van der Waals surface area contributed by atoms with Crippen LogP contribution in [0.4, 0.5) is 14.5 Å². The Morgan fingerprint density at radius 1 is 1.12 bits per heavy atom. The van der Waals surface area contributed by atoms with E-state index < -0.39 is 17.5 Å². The van der Waals surface area contributed by atoms with Crippen LogP contribution in [0.2, 0.25) is 0 Å². The molecular weight excluding hydrogens is 320 g/mol. The van der Waals surface area contributed by atoms with Gasteiger partial charge in [-0.2, -0.15) is 0 Å². The van der Waals surface area contributed by atoms with Gasteiger partial charge in [0.1, 0.15) is 5.75 Å². The minimum Gasteiger partial charge on any atom is -0.496 e. The first kappa shape index (κ1) is 15.6. The third-order valence-corrected chi connectivity index (χ3v) is 3.13. The molecule has 0 radical (unpaired) electrons. The van der Waals surface area contributed by atoms with Crippen LogP contribution in [0, 0.1) is 11.6 Å². The van der Waals surface area contributed by atoms with Crippen LogP contribution in [0.1, 0.15) is 10.7 Å². The maximum absolute atomic E-state index is 13.1. The van der Waals surface area contributed by atoms with Crippen LogP contribution in [0.25, 0.3) is 11.5 Å². The molecule has 0 saturated carbocycles. The monoisotopic (exact) mass is 331 g/mol. The highest BCUT2D eigenvalue weighted by Crippen LogP contribution is 2.28. The second kappa shape index (κ2) is 6.45. The van der Waals surface area contributed by atoms with Crippen molar-refractivity contribution in [3.63, 3.8) is 0 Å². The maximum Gasteiger partial charge on any atom is 0.313 e. The van der Waals surface area contributed by atoms with E-state index >= 15 is 0 Å². The lowest BCUT2D eigenvalue weighted by atomic mass is 10.2. The summed E-state index contributed by atoms with van der Waals surface area (Å²) in [5.74, 6) is -2.54. The molecule has 1 aromatic heterocycles. The van der Waals surface area contributed by atoms with Crippen molar-refractivity contribution in [2.45, 2.75) is 0 Å². The van der Waals surface area contributed by atoms with Crippen molar-refractivity contribution in [3.05, 3.63) is 60.0 Å². The van der Waals surface area contributed by atoms with Crippen molar-refractivity contribution in [2.24, 2.45) is 0 Å². The number of anilines is 1. The van der Waals surface area contributed by atoms with Gasteiger partial charge in [0, 0.05) is 11.8 Å². The van der Waals surface area contributed by atoms with Gasteiger partial charge in [0.2, 0.25) is 0 Å². The molecule has 0 aliphatic carbocycles. The number of aromatic nitrogens is 2. The highest BCUT2D eigenvalue weighted by atomic mass is 19.2. The number of para-hydroxylation sites is 1. The zero-order valence-corrected chi connectivity index (χ0v) is 12.4. The normalized spacial score (nSPS) is 10.5. The molecule has 1 heterocycles. The largest absolute Gasteiger partial charge is 0.496 e. The van der Waals surface area contributed by atoms with E-state index in [0.717, 1.165) is 12.1 Å². The van der Waals surface area contributed by atoms with Crippen LogP contribution < -0.4 is 10.1 Å². The number of ether oxygens (including phenoxy) is 1. The fourth-order valence-corrected chi connectivity index (χ4v) is 2.00. The molecule has 0 unspecified atom stereocenters. The summed E-state index contributed by atoms with van der Waals surface area (Å²) in [6.45, 7) is 0. The number of rotatable bonds is 4. The number of carbonyl (C=O) groups is 1. The molecular formula is C16H11F2N3O3. The third kappa shape index (κ3) is 3.07. The Hall–Kier alpha value is -3.29. The number of hydrogen-bond acceptors (Lipinski definition) is 5. The average Bonchev–Trinajstić information content (AvgIpc) is 3.08. The smallest absolute Gasteiger partial charge is 0.313 e. The quantitative estimate of drug-likeness (QED) is 0.794. The Morgan fingerprint density at radius 2 is 1.92 bits per heavy atom. The highest BCUT2D eigenvalue weighted by molar-refractivity contribution is 6.00. The molecule has 0 aliphatic rings. The SMILES string of the molecule is COc1ccccc1-c1nnc(C(=O)Nc2ccc(F)c(F)c2)o1. The molecule has 1 amide bonds. The minimum absolute atomic E-state index is 0.0657. The zero-order valence-electron chi connectivity index (χ0n) is 12.4. The van der Waals surface area contributed by atoms with Gasteiger partial charge in [-0.1, -0.05) is 12.1 Å². The van der Waals surface area contributed by atoms with E-state index in [2.05, 4.69) is 15.5 Å². The number of carbonyl (C=O) groups excluding carboxylic acids is 1. The molecule has 0 saturated heterocycles. The summed E-state index contributed by atoms with van der Waals surface area (Å²) < 4.78 is 36.5.